The van der Waals surface area contributed by atoms with Gasteiger partial charge in [-0.1, -0.05) is 6.92 Å². The Morgan fingerprint density at radius 3 is 0.923 bits per heavy atom. The van der Waals surface area contributed by atoms with Crippen molar-refractivity contribution < 1.29 is 35.4 Å². The summed E-state index contributed by atoms with van der Waals surface area (Å²) in [6, 6.07) is 3.62. The van der Waals surface area contributed by atoms with Crippen molar-refractivity contribution in [3.8, 4) is 0 Å². The highest BCUT2D eigenvalue weighted by atomic mass is 28.4. The standard InChI is InChI=1S/C27H63NO8Si3/c1-10-29-37(18-9,30-11-2)25-19-22-28(23-20-26-38(31-12-3,32-13-4)33-14-5)24-21-27-39(34-15-6,35-16-7)36-17-8/h10-27H2,1-9H3. The van der Waals surface area contributed by atoms with Crippen LogP contribution >= 0.6 is 0 Å². The average Bonchev–Trinajstić information content (AvgIpc) is 2.89. The van der Waals surface area contributed by atoms with Crippen molar-refractivity contribution in [3.05, 3.63) is 0 Å². The molecule has 0 aromatic heterocycles. The number of rotatable bonds is 29. The smallest absolute Gasteiger partial charge is 0.394 e. The molecule has 0 radical (unpaired) electrons. The van der Waals surface area contributed by atoms with Crippen molar-refractivity contribution in [3.63, 3.8) is 0 Å². The van der Waals surface area contributed by atoms with Gasteiger partial charge in [0.2, 0.25) is 0 Å². The van der Waals surface area contributed by atoms with Crippen molar-refractivity contribution in [1.82, 2.24) is 4.90 Å². The number of hydrogen-bond donors (Lipinski definition) is 0. The van der Waals surface area contributed by atoms with Crippen LogP contribution in [-0.4, -0.2) is 104 Å². The Morgan fingerprint density at radius 2 is 0.667 bits per heavy atom. The molecule has 0 saturated carbocycles. The van der Waals surface area contributed by atoms with Gasteiger partial charge in [0, 0.05) is 64.9 Å². The fraction of sp³-hybridized carbons (Fsp3) is 1.00. The van der Waals surface area contributed by atoms with Gasteiger partial charge in [-0.05, 0) is 106 Å². The van der Waals surface area contributed by atoms with Crippen LogP contribution in [0.2, 0.25) is 24.2 Å². The van der Waals surface area contributed by atoms with Crippen LogP contribution in [0.25, 0.3) is 0 Å². The van der Waals surface area contributed by atoms with E-state index in [1.807, 2.05) is 41.5 Å². The number of nitrogens with zero attached hydrogens (tertiary/aromatic N) is 1. The monoisotopic (exact) mass is 613 g/mol. The molecular weight excluding hydrogens is 551 g/mol. The van der Waals surface area contributed by atoms with E-state index in [9.17, 15) is 0 Å². The minimum atomic E-state index is -2.66. The van der Waals surface area contributed by atoms with E-state index in [4.69, 9.17) is 35.4 Å². The van der Waals surface area contributed by atoms with E-state index in [0.717, 1.165) is 63.1 Å². The highest BCUT2D eigenvalue weighted by Gasteiger charge is 2.41. The van der Waals surface area contributed by atoms with E-state index in [2.05, 4.69) is 25.7 Å². The van der Waals surface area contributed by atoms with E-state index in [1.54, 1.807) is 0 Å². The van der Waals surface area contributed by atoms with Crippen LogP contribution in [0.4, 0.5) is 0 Å². The molecule has 0 bridgehead atoms. The van der Waals surface area contributed by atoms with Gasteiger partial charge in [0.1, 0.15) is 0 Å². The summed E-state index contributed by atoms with van der Waals surface area (Å²) in [6.45, 7) is 26.4. The second-order valence-electron chi connectivity index (χ2n) is 9.25. The van der Waals surface area contributed by atoms with Crippen LogP contribution in [0.3, 0.4) is 0 Å². The molecule has 0 heterocycles. The predicted octanol–water partition coefficient (Wildman–Crippen LogP) is 6.09. The first kappa shape index (κ1) is 39.3. The van der Waals surface area contributed by atoms with Crippen LogP contribution in [0.15, 0.2) is 0 Å². The van der Waals surface area contributed by atoms with Crippen molar-refractivity contribution in [2.75, 3.05) is 72.5 Å². The first-order valence-corrected chi connectivity index (χ1v) is 21.8. The average molecular weight is 614 g/mol. The summed E-state index contributed by atoms with van der Waals surface area (Å²) in [5.74, 6) is 0. The lowest BCUT2D eigenvalue weighted by Crippen LogP contribution is -2.47. The Morgan fingerprint density at radius 1 is 0.385 bits per heavy atom. The molecule has 0 saturated heterocycles. The molecule has 9 nitrogen and oxygen atoms in total. The largest absolute Gasteiger partial charge is 0.500 e. The molecule has 0 amide bonds. The Labute approximate surface area is 244 Å². The zero-order valence-corrected chi connectivity index (χ0v) is 29.9. The van der Waals surface area contributed by atoms with Crippen LogP contribution < -0.4 is 0 Å². The lowest BCUT2D eigenvalue weighted by molar-refractivity contribution is 0.0693. The molecule has 0 rings (SSSR count). The maximum absolute atomic E-state index is 6.22. The Bertz CT molecular complexity index is 493. The molecule has 0 N–H and O–H groups in total. The highest BCUT2D eigenvalue weighted by Crippen LogP contribution is 2.23. The molecule has 0 aliphatic carbocycles. The van der Waals surface area contributed by atoms with Gasteiger partial charge < -0.3 is 40.3 Å². The molecular formula is C27H63NO8Si3. The quantitative estimate of drug-likeness (QED) is 0.0932. The SMILES string of the molecule is CCO[Si](CC)(CCCN(CCC[Si](OCC)(OCC)OCC)CCC[Si](OCC)(OCC)OCC)OCC. The van der Waals surface area contributed by atoms with Gasteiger partial charge in [-0.25, -0.2) is 0 Å². The summed E-state index contributed by atoms with van der Waals surface area (Å²) < 4.78 is 49.0. The van der Waals surface area contributed by atoms with Gasteiger partial charge in [0.05, 0.1) is 0 Å². The Balaban J connectivity index is 5.44. The second kappa shape index (κ2) is 23.8. The molecule has 0 atom stereocenters. The van der Waals surface area contributed by atoms with Crippen LogP contribution in [0.1, 0.15) is 81.6 Å². The minimum absolute atomic E-state index is 0.605. The zero-order valence-electron chi connectivity index (χ0n) is 26.9. The molecule has 0 aromatic rings. The summed E-state index contributed by atoms with van der Waals surface area (Å²) >= 11 is 0. The molecule has 0 aliphatic rings. The van der Waals surface area contributed by atoms with Crippen molar-refractivity contribution in [1.29, 1.82) is 0 Å². The Kier molecular flexibility index (Phi) is 24.0. The summed E-state index contributed by atoms with van der Waals surface area (Å²) in [5.41, 5.74) is 0. The molecule has 0 aromatic carbocycles. The minimum Gasteiger partial charge on any atom is -0.394 e. The highest BCUT2D eigenvalue weighted by molar-refractivity contribution is 6.67. The lowest BCUT2D eigenvalue weighted by Gasteiger charge is -2.32. The van der Waals surface area contributed by atoms with E-state index >= 15 is 0 Å². The van der Waals surface area contributed by atoms with Crippen molar-refractivity contribution >= 4 is 26.2 Å². The molecule has 0 fully saturated rings. The van der Waals surface area contributed by atoms with Crippen LogP contribution in [0.5, 0.6) is 0 Å². The first-order valence-electron chi connectivity index (χ1n) is 15.7. The summed E-state index contributed by atoms with van der Waals surface area (Å²) in [5, 5.41) is 0. The van der Waals surface area contributed by atoms with Gasteiger partial charge >= 0.3 is 26.2 Å². The number of hydrogen-bond acceptors (Lipinski definition) is 9. The maximum atomic E-state index is 6.22. The maximum Gasteiger partial charge on any atom is 0.500 e. The van der Waals surface area contributed by atoms with Crippen molar-refractivity contribution in [2.24, 2.45) is 0 Å². The van der Waals surface area contributed by atoms with Crippen molar-refractivity contribution in [2.45, 2.75) is 106 Å². The van der Waals surface area contributed by atoms with E-state index in [-0.39, 0.29) is 0 Å². The summed E-state index contributed by atoms with van der Waals surface area (Å²) in [7, 11) is -7.47. The first-order chi connectivity index (χ1) is 18.8. The van der Waals surface area contributed by atoms with E-state index < -0.39 is 26.2 Å². The second-order valence-corrected chi connectivity index (χ2v) is 18.3. The fourth-order valence-electron chi connectivity index (χ4n) is 5.04. The normalized spacial score (nSPS) is 13.1. The van der Waals surface area contributed by atoms with Crippen LogP contribution in [0, 0.1) is 0 Å². The summed E-state index contributed by atoms with van der Waals surface area (Å²) in [6.07, 6.45) is 2.98. The predicted molar refractivity (Wildman–Crippen MR) is 165 cm³/mol. The fourth-order valence-corrected chi connectivity index (χ4v) is 13.1. The van der Waals surface area contributed by atoms with Gasteiger partial charge in [0.25, 0.3) is 0 Å². The van der Waals surface area contributed by atoms with E-state index in [0.29, 0.717) is 52.9 Å². The van der Waals surface area contributed by atoms with Gasteiger partial charge in [0.15, 0.2) is 0 Å². The topological polar surface area (TPSA) is 77.1 Å². The molecule has 0 aliphatic heterocycles. The molecule has 0 unspecified atom stereocenters. The van der Waals surface area contributed by atoms with E-state index in [1.165, 1.54) is 0 Å². The van der Waals surface area contributed by atoms with Gasteiger partial charge in [-0.3, -0.25) is 0 Å². The third-order valence-corrected chi connectivity index (χ3v) is 16.6. The Hall–Kier alpha value is 0.291. The summed E-state index contributed by atoms with van der Waals surface area (Å²) in [4.78, 5) is 2.55. The van der Waals surface area contributed by atoms with Crippen LogP contribution in [-0.2, 0) is 35.4 Å². The molecule has 12 heteroatoms. The lowest BCUT2D eigenvalue weighted by atomic mass is 10.3. The molecule has 236 valence electrons. The third-order valence-electron chi connectivity index (χ3n) is 6.49. The van der Waals surface area contributed by atoms with Gasteiger partial charge in [-0.15, -0.1) is 0 Å². The molecule has 0 spiro atoms. The molecule has 39 heavy (non-hydrogen) atoms. The zero-order chi connectivity index (χ0) is 29.5. The third kappa shape index (κ3) is 15.9. The van der Waals surface area contributed by atoms with Gasteiger partial charge in [-0.2, -0.15) is 0 Å².